The molecule has 1 fully saturated rings. The molecule has 0 aromatic carbocycles. The van der Waals surface area contributed by atoms with Crippen LogP contribution < -0.4 is 4.74 Å². The van der Waals surface area contributed by atoms with Gasteiger partial charge in [-0.2, -0.15) is 10.2 Å². The zero-order valence-electron chi connectivity index (χ0n) is 15.3. The number of rotatable bonds is 2. The number of carbonyl (C=O) groups excluding carboxylic acids is 1. The molecule has 0 bridgehead atoms. The summed E-state index contributed by atoms with van der Waals surface area (Å²) in [5, 5.41) is 8.63. The lowest BCUT2D eigenvalue weighted by molar-refractivity contribution is 0.0833. The molecule has 4 heterocycles. The van der Waals surface area contributed by atoms with Gasteiger partial charge >= 0.3 is 6.09 Å². The van der Waals surface area contributed by atoms with E-state index in [1.165, 1.54) is 7.11 Å². The number of fused-ring (bicyclic) bond motifs is 1. The van der Waals surface area contributed by atoms with Crippen molar-refractivity contribution >= 4 is 11.6 Å². The first-order valence-corrected chi connectivity index (χ1v) is 8.48. The molecule has 1 amide bonds. The van der Waals surface area contributed by atoms with Crippen molar-refractivity contribution in [1.82, 2.24) is 24.3 Å². The summed E-state index contributed by atoms with van der Waals surface area (Å²) in [7, 11) is 4.89. The van der Waals surface area contributed by atoms with Gasteiger partial charge in [-0.25, -0.2) is 9.31 Å². The minimum atomic E-state index is -0.311. The van der Waals surface area contributed by atoms with Gasteiger partial charge < -0.3 is 14.4 Å². The van der Waals surface area contributed by atoms with Crippen LogP contribution in [0.15, 0.2) is 30.9 Å². The summed E-state index contributed by atoms with van der Waals surface area (Å²) in [6.07, 6.45) is 7.09. The summed E-state index contributed by atoms with van der Waals surface area (Å²) < 4.78 is 13.8. The number of pyridine rings is 1. The lowest BCUT2D eigenvalue weighted by Gasteiger charge is -2.34. The normalized spacial score (nSPS) is 13.8. The summed E-state index contributed by atoms with van der Waals surface area (Å²) in [4.78, 5) is 13.0. The van der Waals surface area contributed by atoms with E-state index in [9.17, 15) is 4.79 Å². The van der Waals surface area contributed by atoms with Gasteiger partial charge in [0.25, 0.3) is 0 Å². The molecule has 0 N–H and O–H groups in total. The number of aromatic nitrogens is 4. The molecule has 1 aliphatic heterocycles. The first kappa shape index (κ1) is 17.0. The Balaban J connectivity index is 1.62. The molecular weight excluding hydrogens is 346 g/mol. The van der Waals surface area contributed by atoms with Crippen molar-refractivity contribution in [2.75, 3.05) is 27.3 Å². The summed E-state index contributed by atoms with van der Waals surface area (Å²) in [6.45, 7) is 1.17. The zero-order valence-corrected chi connectivity index (χ0v) is 15.3. The number of hydrogen-bond acceptors (Lipinski definition) is 5. The van der Waals surface area contributed by atoms with Crippen molar-refractivity contribution in [2.45, 2.75) is 0 Å². The average Bonchev–Trinajstić information content (AvgIpc) is 3.25. The Morgan fingerprint density at radius 3 is 2.67 bits per heavy atom. The third kappa shape index (κ3) is 3.08. The van der Waals surface area contributed by atoms with E-state index in [2.05, 4.69) is 22.0 Å². The molecule has 0 saturated carbocycles. The second-order valence-corrected chi connectivity index (χ2v) is 6.39. The molecule has 138 valence electrons. The molecule has 0 aliphatic carbocycles. The summed E-state index contributed by atoms with van der Waals surface area (Å²) in [5.74, 6) is 7.21. The topological polar surface area (TPSA) is 73.9 Å². The van der Waals surface area contributed by atoms with E-state index in [1.54, 1.807) is 33.6 Å². The SMILES string of the molecule is COC(=O)N1CC(C#Cc2cnn3cc(-c4cnn(C)c4)cc(OC)c23)C1. The van der Waals surface area contributed by atoms with Gasteiger partial charge in [0.2, 0.25) is 0 Å². The summed E-state index contributed by atoms with van der Waals surface area (Å²) >= 11 is 0. The highest BCUT2D eigenvalue weighted by Crippen LogP contribution is 2.29. The van der Waals surface area contributed by atoms with E-state index >= 15 is 0 Å². The number of carbonyl (C=O) groups is 1. The second kappa shape index (κ2) is 6.68. The van der Waals surface area contributed by atoms with Crippen LogP contribution in [-0.4, -0.2) is 57.7 Å². The number of amides is 1. The predicted molar refractivity (Wildman–Crippen MR) is 98.3 cm³/mol. The van der Waals surface area contributed by atoms with E-state index in [0.717, 1.165) is 22.2 Å². The van der Waals surface area contributed by atoms with Crippen LogP contribution in [0.5, 0.6) is 5.75 Å². The number of likely N-dealkylation sites (tertiary alicyclic amines) is 1. The lowest BCUT2D eigenvalue weighted by atomic mass is 10.0. The Morgan fingerprint density at radius 1 is 1.19 bits per heavy atom. The van der Waals surface area contributed by atoms with E-state index in [-0.39, 0.29) is 12.0 Å². The molecule has 1 saturated heterocycles. The van der Waals surface area contributed by atoms with E-state index in [1.807, 2.05) is 25.5 Å². The Kier molecular flexibility index (Phi) is 4.20. The fourth-order valence-corrected chi connectivity index (χ4v) is 3.09. The fraction of sp³-hybridized carbons (Fsp3) is 0.316. The number of methoxy groups -OCH3 is 2. The van der Waals surface area contributed by atoms with Crippen molar-refractivity contribution < 1.29 is 14.3 Å². The maximum Gasteiger partial charge on any atom is 0.409 e. The van der Waals surface area contributed by atoms with E-state index in [0.29, 0.717) is 18.8 Å². The molecule has 8 heteroatoms. The van der Waals surface area contributed by atoms with Crippen LogP contribution in [0.2, 0.25) is 0 Å². The molecule has 3 aromatic rings. The largest absolute Gasteiger partial charge is 0.494 e. The van der Waals surface area contributed by atoms with Gasteiger partial charge in [0.1, 0.15) is 11.3 Å². The zero-order chi connectivity index (χ0) is 19.0. The van der Waals surface area contributed by atoms with Crippen LogP contribution in [0.1, 0.15) is 5.56 Å². The van der Waals surface area contributed by atoms with Crippen molar-refractivity contribution in [3.05, 3.63) is 36.4 Å². The smallest absolute Gasteiger partial charge is 0.409 e. The first-order valence-electron chi connectivity index (χ1n) is 8.48. The minimum absolute atomic E-state index is 0.139. The minimum Gasteiger partial charge on any atom is -0.494 e. The maximum atomic E-state index is 11.4. The van der Waals surface area contributed by atoms with Gasteiger partial charge in [0, 0.05) is 43.7 Å². The number of nitrogens with zero attached hydrogens (tertiary/aromatic N) is 5. The fourth-order valence-electron chi connectivity index (χ4n) is 3.09. The van der Waals surface area contributed by atoms with Crippen molar-refractivity contribution in [3.8, 4) is 28.7 Å². The molecule has 3 aromatic heterocycles. The van der Waals surface area contributed by atoms with Crippen LogP contribution in [0.25, 0.3) is 16.6 Å². The predicted octanol–water partition coefficient (Wildman–Crippen LogP) is 1.79. The standard InChI is InChI=1S/C19H19N5O3/c1-22-11-16(8-20-22)15-6-17(26-2)18-14(7-21-24(18)12-15)5-4-13-9-23(10-13)19(25)27-3/h6-8,11-13H,9-10H2,1-3H3. The molecule has 0 unspecified atom stereocenters. The molecular formula is C19H19N5O3. The summed E-state index contributed by atoms with van der Waals surface area (Å²) in [5.41, 5.74) is 3.56. The monoisotopic (exact) mass is 365 g/mol. The van der Waals surface area contributed by atoms with Crippen molar-refractivity contribution in [3.63, 3.8) is 0 Å². The molecule has 27 heavy (non-hydrogen) atoms. The average molecular weight is 365 g/mol. The Hall–Kier alpha value is -3.47. The first-order chi connectivity index (χ1) is 13.1. The third-order valence-electron chi connectivity index (χ3n) is 4.56. The molecule has 0 spiro atoms. The van der Waals surface area contributed by atoms with Gasteiger partial charge in [-0.3, -0.25) is 4.68 Å². The maximum absolute atomic E-state index is 11.4. The van der Waals surface area contributed by atoms with Gasteiger partial charge in [0.15, 0.2) is 0 Å². The molecule has 0 atom stereocenters. The van der Waals surface area contributed by atoms with Crippen molar-refractivity contribution in [1.29, 1.82) is 0 Å². The van der Waals surface area contributed by atoms with Crippen molar-refractivity contribution in [2.24, 2.45) is 13.0 Å². The van der Waals surface area contributed by atoms with Crippen LogP contribution in [0, 0.1) is 17.8 Å². The van der Waals surface area contributed by atoms with Gasteiger partial charge in [-0.1, -0.05) is 11.8 Å². The lowest BCUT2D eigenvalue weighted by Crippen LogP contribution is -2.49. The van der Waals surface area contributed by atoms with Gasteiger partial charge in [-0.05, 0) is 6.07 Å². The second-order valence-electron chi connectivity index (χ2n) is 6.39. The van der Waals surface area contributed by atoms with Crippen LogP contribution in [0.4, 0.5) is 4.79 Å². The molecule has 1 aliphatic rings. The third-order valence-corrected chi connectivity index (χ3v) is 4.56. The van der Waals surface area contributed by atoms with Gasteiger partial charge in [0.05, 0.1) is 38.1 Å². The highest BCUT2D eigenvalue weighted by molar-refractivity contribution is 5.75. The highest BCUT2D eigenvalue weighted by atomic mass is 16.5. The molecule has 4 rings (SSSR count). The number of hydrogen-bond donors (Lipinski definition) is 0. The highest BCUT2D eigenvalue weighted by Gasteiger charge is 2.29. The number of ether oxygens (including phenoxy) is 2. The van der Waals surface area contributed by atoms with E-state index < -0.39 is 0 Å². The van der Waals surface area contributed by atoms with Crippen LogP contribution in [0.3, 0.4) is 0 Å². The quantitative estimate of drug-likeness (QED) is 0.648. The van der Waals surface area contributed by atoms with Crippen LogP contribution >= 0.6 is 0 Å². The van der Waals surface area contributed by atoms with Gasteiger partial charge in [-0.15, -0.1) is 0 Å². The number of aryl methyl sites for hydroxylation is 1. The summed E-state index contributed by atoms with van der Waals surface area (Å²) in [6, 6.07) is 1.96. The van der Waals surface area contributed by atoms with E-state index in [4.69, 9.17) is 9.47 Å². The molecule has 0 radical (unpaired) electrons. The Morgan fingerprint density at radius 2 is 2.00 bits per heavy atom. The Labute approximate surface area is 156 Å². The van der Waals surface area contributed by atoms with Crippen LogP contribution in [-0.2, 0) is 11.8 Å². The molecule has 8 nitrogen and oxygen atoms in total. The Bertz CT molecular complexity index is 1070.